The van der Waals surface area contributed by atoms with Crippen molar-refractivity contribution in [1.82, 2.24) is 4.90 Å². The van der Waals surface area contributed by atoms with Crippen molar-refractivity contribution < 1.29 is 5.11 Å². The van der Waals surface area contributed by atoms with Crippen molar-refractivity contribution in [3.8, 4) is 0 Å². The maximum absolute atomic E-state index is 9.45. The lowest BCUT2D eigenvalue weighted by atomic mass is 9.85. The van der Waals surface area contributed by atoms with E-state index in [1.54, 1.807) is 0 Å². The van der Waals surface area contributed by atoms with Crippen LogP contribution in [0.15, 0.2) is 0 Å². The first-order chi connectivity index (χ1) is 6.99. The van der Waals surface area contributed by atoms with Gasteiger partial charge in [0.1, 0.15) is 0 Å². The van der Waals surface area contributed by atoms with Crippen LogP contribution in [0.5, 0.6) is 0 Å². The van der Waals surface area contributed by atoms with Gasteiger partial charge in [-0.25, -0.2) is 0 Å². The minimum Gasteiger partial charge on any atom is -0.396 e. The molecule has 0 aliphatic rings. The Morgan fingerprint density at radius 2 is 1.87 bits per heavy atom. The molecular formula is C13H29NO. The molecule has 0 heterocycles. The van der Waals surface area contributed by atoms with E-state index in [0.717, 1.165) is 19.4 Å². The highest BCUT2D eigenvalue weighted by Gasteiger charge is 2.25. The van der Waals surface area contributed by atoms with Crippen molar-refractivity contribution in [2.24, 2.45) is 5.41 Å². The first-order valence-electron chi connectivity index (χ1n) is 6.30. The number of hydrogen-bond acceptors (Lipinski definition) is 2. The Morgan fingerprint density at radius 3 is 2.27 bits per heavy atom. The number of aliphatic hydroxyl groups excluding tert-OH is 1. The molecule has 15 heavy (non-hydrogen) atoms. The predicted octanol–water partition coefficient (Wildman–Crippen LogP) is 2.91. The highest BCUT2D eigenvalue weighted by molar-refractivity contribution is 4.78. The molecule has 0 fully saturated rings. The maximum atomic E-state index is 9.45. The zero-order chi connectivity index (χ0) is 11.9. The molecule has 0 aromatic carbocycles. The summed E-state index contributed by atoms with van der Waals surface area (Å²) in [7, 11) is 2.17. The summed E-state index contributed by atoms with van der Waals surface area (Å²) in [4.78, 5) is 2.38. The Kier molecular flexibility index (Phi) is 7.20. The van der Waals surface area contributed by atoms with E-state index in [4.69, 9.17) is 0 Å². The summed E-state index contributed by atoms with van der Waals surface area (Å²) in [5.74, 6) is 0. The van der Waals surface area contributed by atoms with Crippen LogP contribution in [0.1, 0.15) is 53.4 Å². The maximum Gasteiger partial charge on any atom is 0.0497 e. The average Bonchev–Trinajstić information content (AvgIpc) is 2.18. The molecule has 0 amide bonds. The zero-order valence-electron chi connectivity index (χ0n) is 11.2. The molecule has 0 saturated carbocycles. The van der Waals surface area contributed by atoms with Gasteiger partial charge in [0, 0.05) is 24.6 Å². The van der Waals surface area contributed by atoms with Crippen molar-refractivity contribution in [3.05, 3.63) is 0 Å². The summed E-state index contributed by atoms with van der Waals surface area (Å²) in [6.07, 6.45) is 4.72. The molecule has 2 atom stereocenters. The molecule has 0 bridgehead atoms. The fraction of sp³-hybridized carbons (Fsp3) is 1.00. The van der Waals surface area contributed by atoms with Crippen molar-refractivity contribution >= 4 is 0 Å². The fourth-order valence-corrected chi connectivity index (χ4v) is 2.21. The molecular weight excluding hydrogens is 186 g/mol. The van der Waals surface area contributed by atoms with E-state index >= 15 is 0 Å². The second-order valence-corrected chi connectivity index (χ2v) is 5.27. The summed E-state index contributed by atoms with van der Waals surface area (Å²) in [6.45, 7) is 10.2. The Labute approximate surface area is 95.7 Å². The topological polar surface area (TPSA) is 23.5 Å². The normalized spacial score (nSPS) is 17.8. The SMILES string of the molecule is CCCC(C)N(C)CC(C)(CO)CCC. The molecule has 0 saturated heterocycles. The lowest BCUT2D eigenvalue weighted by Crippen LogP contribution is -2.40. The number of rotatable bonds is 8. The molecule has 92 valence electrons. The molecule has 0 aliphatic carbocycles. The first-order valence-corrected chi connectivity index (χ1v) is 6.30. The molecule has 0 radical (unpaired) electrons. The van der Waals surface area contributed by atoms with Crippen LogP contribution in [-0.2, 0) is 0 Å². The zero-order valence-corrected chi connectivity index (χ0v) is 11.2. The second kappa shape index (κ2) is 7.24. The van der Waals surface area contributed by atoms with E-state index in [1.807, 2.05) is 0 Å². The van der Waals surface area contributed by atoms with Gasteiger partial charge >= 0.3 is 0 Å². The quantitative estimate of drug-likeness (QED) is 0.673. The van der Waals surface area contributed by atoms with Gasteiger partial charge in [0.25, 0.3) is 0 Å². The average molecular weight is 215 g/mol. The van der Waals surface area contributed by atoms with Gasteiger partial charge in [0.15, 0.2) is 0 Å². The predicted molar refractivity (Wildman–Crippen MR) is 67.1 cm³/mol. The van der Waals surface area contributed by atoms with Crippen LogP contribution >= 0.6 is 0 Å². The van der Waals surface area contributed by atoms with Gasteiger partial charge in [-0.2, -0.15) is 0 Å². The van der Waals surface area contributed by atoms with E-state index in [1.165, 1.54) is 12.8 Å². The van der Waals surface area contributed by atoms with Crippen LogP contribution in [0.2, 0.25) is 0 Å². The van der Waals surface area contributed by atoms with Gasteiger partial charge in [-0.05, 0) is 26.8 Å². The van der Waals surface area contributed by atoms with Crippen LogP contribution in [0.3, 0.4) is 0 Å². The second-order valence-electron chi connectivity index (χ2n) is 5.27. The third kappa shape index (κ3) is 5.53. The van der Waals surface area contributed by atoms with E-state index in [9.17, 15) is 5.11 Å². The fourth-order valence-electron chi connectivity index (χ4n) is 2.21. The highest BCUT2D eigenvalue weighted by Crippen LogP contribution is 2.24. The molecule has 0 spiro atoms. The van der Waals surface area contributed by atoms with E-state index in [0.29, 0.717) is 12.6 Å². The van der Waals surface area contributed by atoms with Gasteiger partial charge in [0.05, 0.1) is 0 Å². The Bertz CT molecular complexity index is 161. The van der Waals surface area contributed by atoms with Crippen LogP contribution in [0.25, 0.3) is 0 Å². The summed E-state index contributed by atoms with van der Waals surface area (Å²) in [6, 6.07) is 0.623. The molecule has 0 aliphatic heterocycles. The van der Waals surface area contributed by atoms with Crippen LogP contribution in [-0.4, -0.2) is 36.2 Å². The lowest BCUT2D eigenvalue weighted by Gasteiger charge is -2.35. The van der Waals surface area contributed by atoms with Crippen molar-refractivity contribution in [2.45, 2.75) is 59.4 Å². The van der Waals surface area contributed by atoms with Gasteiger partial charge < -0.3 is 10.0 Å². The minimum atomic E-state index is 0.0749. The third-order valence-electron chi connectivity index (χ3n) is 3.33. The summed E-state index contributed by atoms with van der Waals surface area (Å²) < 4.78 is 0. The minimum absolute atomic E-state index is 0.0749. The van der Waals surface area contributed by atoms with E-state index in [2.05, 4.69) is 39.6 Å². The van der Waals surface area contributed by atoms with Gasteiger partial charge in [-0.1, -0.05) is 33.6 Å². The number of aliphatic hydroxyl groups is 1. The van der Waals surface area contributed by atoms with Gasteiger partial charge in [-0.3, -0.25) is 0 Å². The van der Waals surface area contributed by atoms with Gasteiger partial charge in [0.2, 0.25) is 0 Å². The highest BCUT2D eigenvalue weighted by atomic mass is 16.3. The smallest absolute Gasteiger partial charge is 0.0497 e. The van der Waals surface area contributed by atoms with Crippen LogP contribution < -0.4 is 0 Å². The number of hydrogen-bond donors (Lipinski definition) is 1. The van der Waals surface area contributed by atoms with Crippen molar-refractivity contribution in [2.75, 3.05) is 20.2 Å². The molecule has 2 unspecified atom stereocenters. The molecule has 0 aromatic rings. The van der Waals surface area contributed by atoms with Crippen molar-refractivity contribution in [3.63, 3.8) is 0 Å². The summed E-state index contributed by atoms with van der Waals surface area (Å²) in [5.41, 5.74) is 0.0749. The Hall–Kier alpha value is -0.0800. The summed E-state index contributed by atoms with van der Waals surface area (Å²) in [5, 5.41) is 9.45. The largest absolute Gasteiger partial charge is 0.396 e. The van der Waals surface area contributed by atoms with E-state index < -0.39 is 0 Å². The standard InChI is InChI=1S/C13H29NO/c1-6-8-12(3)14(5)10-13(4,11-15)9-7-2/h12,15H,6-11H2,1-5H3. The molecule has 1 N–H and O–H groups in total. The Balaban J connectivity index is 4.15. The summed E-state index contributed by atoms with van der Waals surface area (Å²) >= 11 is 0. The first kappa shape index (κ1) is 14.9. The monoisotopic (exact) mass is 215 g/mol. The molecule has 0 rings (SSSR count). The lowest BCUT2D eigenvalue weighted by molar-refractivity contribution is 0.0743. The molecule has 0 aromatic heterocycles. The Morgan fingerprint density at radius 1 is 1.27 bits per heavy atom. The number of nitrogens with zero attached hydrogens (tertiary/aromatic N) is 1. The third-order valence-corrected chi connectivity index (χ3v) is 3.33. The van der Waals surface area contributed by atoms with Crippen LogP contribution in [0.4, 0.5) is 0 Å². The molecule has 2 nitrogen and oxygen atoms in total. The van der Waals surface area contributed by atoms with Gasteiger partial charge in [-0.15, -0.1) is 0 Å². The van der Waals surface area contributed by atoms with Crippen molar-refractivity contribution in [1.29, 1.82) is 0 Å². The van der Waals surface area contributed by atoms with E-state index in [-0.39, 0.29) is 5.41 Å². The van der Waals surface area contributed by atoms with Crippen LogP contribution in [0, 0.1) is 5.41 Å². The molecule has 2 heteroatoms.